The molecular formula is C8H11NO3S. The molecule has 1 aromatic rings. The third-order valence-corrected chi connectivity index (χ3v) is 2.37. The van der Waals surface area contributed by atoms with E-state index in [0.717, 1.165) is 0 Å². The molecule has 0 aliphatic heterocycles. The van der Waals surface area contributed by atoms with Crippen molar-refractivity contribution in [2.45, 2.75) is 11.0 Å². The fourth-order valence-corrected chi connectivity index (χ4v) is 1.31. The Morgan fingerprint density at radius 3 is 2.31 bits per heavy atom. The van der Waals surface area contributed by atoms with E-state index in [2.05, 4.69) is 0 Å². The Balaban J connectivity index is 2.87. The van der Waals surface area contributed by atoms with Crippen LogP contribution in [0.1, 0.15) is 11.7 Å². The maximum Gasteiger partial charge on any atom is 0.186 e. The molecule has 2 atom stereocenters. The molecular weight excluding hydrogens is 190 g/mol. The van der Waals surface area contributed by atoms with E-state index in [1.807, 2.05) is 0 Å². The van der Waals surface area contributed by atoms with Crippen LogP contribution in [0.25, 0.3) is 0 Å². The fourth-order valence-electron chi connectivity index (χ4n) is 0.942. The molecule has 72 valence electrons. The summed E-state index contributed by atoms with van der Waals surface area (Å²) in [5.41, 5.74) is 5.89. The van der Waals surface area contributed by atoms with Gasteiger partial charge >= 0.3 is 0 Å². The topological polar surface area (TPSA) is 83.5 Å². The minimum absolute atomic E-state index is 0.140. The lowest BCUT2D eigenvalue weighted by Crippen LogP contribution is -2.11. The Labute approximate surface area is 78.7 Å². The fraction of sp³-hybridized carbons (Fsp3) is 0.250. The van der Waals surface area contributed by atoms with Gasteiger partial charge in [0.25, 0.3) is 0 Å². The summed E-state index contributed by atoms with van der Waals surface area (Å²) in [6.45, 7) is 0.140. The van der Waals surface area contributed by atoms with Gasteiger partial charge in [0, 0.05) is 6.54 Å². The van der Waals surface area contributed by atoms with Crippen LogP contribution >= 0.6 is 0 Å². The van der Waals surface area contributed by atoms with E-state index in [4.69, 9.17) is 10.3 Å². The van der Waals surface area contributed by atoms with E-state index in [0.29, 0.717) is 10.5 Å². The van der Waals surface area contributed by atoms with Crippen molar-refractivity contribution in [2.75, 3.05) is 6.54 Å². The molecule has 1 aromatic carbocycles. The average Bonchev–Trinajstić information content (AvgIpc) is 2.17. The number of aliphatic hydroxyl groups is 1. The maximum absolute atomic E-state index is 10.6. The lowest BCUT2D eigenvalue weighted by atomic mass is 10.1. The molecule has 0 aliphatic rings. The normalized spacial score (nSPS) is 15.3. The monoisotopic (exact) mass is 201 g/mol. The first-order chi connectivity index (χ1) is 6.15. The summed E-state index contributed by atoms with van der Waals surface area (Å²) < 4.78 is 19.3. The lowest BCUT2D eigenvalue weighted by molar-refractivity contribution is 0.186. The SMILES string of the molecule is NCC(O)c1ccc(S(=O)O)cc1. The first kappa shape index (κ1) is 10.3. The summed E-state index contributed by atoms with van der Waals surface area (Å²) in [7, 11) is 0. The van der Waals surface area contributed by atoms with E-state index in [-0.39, 0.29) is 6.54 Å². The minimum Gasteiger partial charge on any atom is -0.387 e. The summed E-state index contributed by atoms with van der Waals surface area (Å²) in [6.07, 6.45) is -0.707. The molecule has 0 amide bonds. The molecule has 0 aromatic heterocycles. The summed E-state index contributed by atoms with van der Waals surface area (Å²) in [6, 6.07) is 6.15. The Bertz CT molecular complexity index is 299. The highest BCUT2D eigenvalue weighted by atomic mass is 32.2. The third-order valence-electron chi connectivity index (χ3n) is 1.69. The second-order valence-corrected chi connectivity index (χ2v) is 3.54. The van der Waals surface area contributed by atoms with Gasteiger partial charge in [-0.1, -0.05) is 12.1 Å². The number of hydrogen-bond donors (Lipinski definition) is 3. The van der Waals surface area contributed by atoms with E-state index in [9.17, 15) is 9.32 Å². The molecule has 0 heterocycles. The summed E-state index contributed by atoms with van der Waals surface area (Å²) in [5, 5.41) is 9.30. The van der Waals surface area contributed by atoms with Crippen LogP contribution in [-0.2, 0) is 11.1 Å². The molecule has 1 rings (SSSR count). The summed E-state index contributed by atoms with van der Waals surface area (Å²) >= 11 is -1.97. The second-order valence-electron chi connectivity index (χ2n) is 2.57. The molecule has 2 unspecified atom stereocenters. The van der Waals surface area contributed by atoms with Gasteiger partial charge in [-0.05, 0) is 17.7 Å². The molecule has 0 saturated carbocycles. The molecule has 0 radical (unpaired) electrons. The van der Waals surface area contributed by atoms with E-state index < -0.39 is 17.2 Å². The van der Waals surface area contributed by atoms with Crippen LogP contribution < -0.4 is 5.73 Å². The summed E-state index contributed by atoms with van der Waals surface area (Å²) in [5.74, 6) is 0. The van der Waals surface area contributed by atoms with Crippen LogP contribution in [0, 0.1) is 0 Å². The van der Waals surface area contributed by atoms with Crippen LogP contribution in [0.4, 0.5) is 0 Å². The Morgan fingerprint density at radius 2 is 1.92 bits per heavy atom. The first-order valence-electron chi connectivity index (χ1n) is 3.74. The molecule has 0 fully saturated rings. The quantitative estimate of drug-likeness (QED) is 0.612. The van der Waals surface area contributed by atoms with Crippen molar-refractivity contribution in [1.29, 1.82) is 0 Å². The zero-order valence-corrected chi connectivity index (χ0v) is 7.70. The van der Waals surface area contributed by atoms with Gasteiger partial charge in [0.2, 0.25) is 0 Å². The molecule has 4 nitrogen and oxygen atoms in total. The van der Waals surface area contributed by atoms with Crippen molar-refractivity contribution in [1.82, 2.24) is 0 Å². The van der Waals surface area contributed by atoms with Crippen LogP contribution in [0.2, 0.25) is 0 Å². The van der Waals surface area contributed by atoms with Gasteiger partial charge in [-0.25, -0.2) is 4.21 Å². The maximum atomic E-state index is 10.6. The molecule has 13 heavy (non-hydrogen) atoms. The predicted molar refractivity (Wildman–Crippen MR) is 49.5 cm³/mol. The molecule has 0 saturated heterocycles. The Morgan fingerprint density at radius 1 is 1.38 bits per heavy atom. The molecule has 0 bridgehead atoms. The van der Waals surface area contributed by atoms with Gasteiger partial charge in [-0.3, -0.25) is 0 Å². The summed E-state index contributed by atoms with van der Waals surface area (Å²) in [4.78, 5) is 0.313. The largest absolute Gasteiger partial charge is 0.387 e. The number of aliphatic hydroxyl groups excluding tert-OH is 1. The van der Waals surface area contributed by atoms with Gasteiger partial charge in [0.1, 0.15) is 0 Å². The van der Waals surface area contributed by atoms with Gasteiger partial charge in [0.05, 0.1) is 11.0 Å². The first-order valence-corrected chi connectivity index (χ1v) is 4.84. The highest BCUT2D eigenvalue weighted by Gasteiger charge is 2.05. The minimum atomic E-state index is -1.97. The van der Waals surface area contributed by atoms with Crippen molar-refractivity contribution >= 4 is 11.1 Å². The molecule has 0 aliphatic carbocycles. The third kappa shape index (κ3) is 2.60. The smallest absolute Gasteiger partial charge is 0.186 e. The zero-order valence-electron chi connectivity index (χ0n) is 6.88. The van der Waals surface area contributed by atoms with E-state index >= 15 is 0 Å². The van der Waals surface area contributed by atoms with E-state index in [1.54, 1.807) is 12.1 Å². The standard InChI is InChI=1S/C8H11NO3S/c9-5-8(10)6-1-3-7(4-2-6)13(11)12/h1-4,8,10H,5,9H2,(H,11,12). The number of hydrogen-bond acceptors (Lipinski definition) is 3. The van der Waals surface area contributed by atoms with E-state index in [1.165, 1.54) is 12.1 Å². The number of rotatable bonds is 3. The number of benzene rings is 1. The highest BCUT2D eigenvalue weighted by Crippen LogP contribution is 2.13. The van der Waals surface area contributed by atoms with Crippen LogP contribution in [-0.4, -0.2) is 20.4 Å². The van der Waals surface area contributed by atoms with Crippen molar-refractivity contribution in [3.8, 4) is 0 Å². The van der Waals surface area contributed by atoms with Crippen molar-refractivity contribution in [2.24, 2.45) is 5.73 Å². The Hall–Kier alpha value is -0.750. The second kappa shape index (κ2) is 4.48. The lowest BCUT2D eigenvalue weighted by Gasteiger charge is -2.07. The van der Waals surface area contributed by atoms with Gasteiger partial charge in [-0.15, -0.1) is 0 Å². The zero-order chi connectivity index (χ0) is 9.84. The van der Waals surface area contributed by atoms with Crippen molar-refractivity contribution < 1.29 is 13.9 Å². The van der Waals surface area contributed by atoms with Crippen LogP contribution in [0.15, 0.2) is 29.2 Å². The van der Waals surface area contributed by atoms with Gasteiger partial charge in [-0.2, -0.15) is 0 Å². The van der Waals surface area contributed by atoms with Gasteiger partial charge < -0.3 is 15.4 Å². The van der Waals surface area contributed by atoms with Gasteiger partial charge in [0.15, 0.2) is 11.1 Å². The van der Waals surface area contributed by atoms with Crippen molar-refractivity contribution in [3.63, 3.8) is 0 Å². The van der Waals surface area contributed by atoms with Crippen LogP contribution in [0.5, 0.6) is 0 Å². The molecule has 0 spiro atoms. The van der Waals surface area contributed by atoms with Crippen LogP contribution in [0.3, 0.4) is 0 Å². The average molecular weight is 201 g/mol. The molecule has 5 heteroatoms. The molecule has 4 N–H and O–H groups in total. The Kier molecular flexibility index (Phi) is 3.56. The number of nitrogens with two attached hydrogens (primary N) is 1. The van der Waals surface area contributed by atoms with Crippen molar-refractivity contribution in [3.05, 3.63) is 29.8 Å². The predicted octanol–water partition coefficient (Wildman–Crippen LogP) is 0.259. The highest BCUT2D eigenvalue weighted by molar-refractivity contribution is 7.79.